The van der Waals surface area contributed by atoms with Crippen LogP contribution in [-0.4, -0.2) is 11.1 Å². The third-order valence-corrected chi connectivity index (χ3v) is 8.71. The highest BCUT2D eigenvalue weighted by Gasteiger charge is 2.34. The third-order valence-electron chi connectivity index (χ3n) is 6.91. The van der Waals surface area contributed by atoms with E-state index in [1.807, 2.05) is 0 Å². The molecule has 1 N–H and O–H groups in total. The molecule has 3 aromatic rings. The molecule has 1 aliphatic carbocycles. The minimum Gasteiger partial charge on any atom is -0.360 e. The fourth-order valence-electron chi connectivity index (χ4n) is 4.45. The van der Waals surface area contributed by atoms with E-state index in [2.05, 4.69) is 37.3 Å². The number of aryl methyl sites for hydroxylation is 1. The number of nitrogens with one attached hydrogen (secondary N) is 1. The number of rotatable bonds is 5. The molecule has 0 aliphatic heterocycles. The maximum Gasteiger partial charge on any atom is 0.262 e. The Labute approximate surface area is 207 Å². The fraction of sp³-hybridized carbons (Fsp3) is 0.400. The average molecular weight is 502 g/mol. The Hall–Kier alpha value is -2.33. The minimum absolute atomic E-state index is 0.237. The summed E-state index contributed by atoms with van der Waals surface area (Å²) in [4.78, 5) is 14.6. The molecule has 0 bridgehead atoms. The van der Waals surface area contributed by atoms with Crippen molar-refractivity contribution in [2.75, 3.05) is 5.32 Å². The van der Waals surface area contributed by atoms with E-state index in [-0.39, 0.29) is 16.7 Å². The molecule has 2 aromatic heterocycles. The van der Waals surface area contributed by atoms with Gasteiger partial charge < -0.3 is 9.84 Å². The van der Waals surface area contributed by atoms with E-state index >= 15 is 0 Å². The molecule has 1 amide bonds. The summed E-state index contributed by atoms with van der Waals surface area (Å²) >= 11 is 14.2. The van der Waals surface area contributed by atoms with Crippen LogP contribution < -0.4 is 5.32 Å². The van der Waals surface area contributed by atoms with E-state index in [0.717, 1.165) is 31.2 Å². The molecule has 1 aromatic carbocycles. The Morgan fingerprint density at radius 3 is 2.70 bits per heavy atom. The number of carbonyl (C=O) groups excluding carboxylic acids is 1. The van der Waals surface area contributed by atoms with Gasteiger partial charge in [0.25, 0.3) is 5.91 Å². The lowest BCUT2D eigenvalue weighted by Crippen LogP contribution is -2.28. The van der Waals surface area contributed by atoms with Crippen LogP contribution in [0, 0.1) is 29.6 Å². The number of fused-ring (bicyclic) bond motifs is 1. The molecular weight excluding hydrogens is 477 g/mol. The quantitative estimate of drug-likeness (QED) is 0.388. The van der Waals surface area contributed by atoms with Crippen LogP contribution in [0.4, 0.5) is 5.00 Å². The molecule has 0 unspecified atom stereocenters. The zero-order valence-electron chi connectivity index (χ0n) is 19.0. The number of nitrogens with zero attached hydrogens (tertiary/aromatic N) is 2. The van der Waals surface area contributed by atoms with Gasteiger partial charge in [-0.15, -0.1) is 11.3 Å². The summed E-state index contributed by atoms with van der Waals surface area (Å²) in [5.41, 5.74) is 2.84. The van der Waals surface area contributed by atoms with Crippen molar-refractivity contribution in [3.05, 3.63) is 55.6 Å². The van der Waals surface area contributed by atoms with Crippen LogP contribution in [0.5, 0.6) is 0 Å². The molecule has 0 spiro atoms. The van der Waals surface area contributed by atoms with E-state index < -0.39 is 5.91 Å². The summed E-state index contributed by atoms with van der Waals surface area (Å²) in [6, 6.07) is 7.41. The second-order valence-electron chi connectivity index (χ2n) is 9.11. The van der Waals surface area contributed by atoms with Crippen LogP contribution in [0.1, 0.15) is 65.7 Å². The molecule has 5 nitrogen and oxygen atoms in total. The monoisotopic (exact) mass is 501 g/mol. The van der Waals surface area contributed by atoms with Crippen LogP contribution in [-0.2, 0) is 12.8 Å². The average Bonchev–Trinajstić information content (AvgIpc) is 3.32. The second-order valence-corrected chi connectivity index (χ2v) is 11.0. The first-order valence-corrected chi connectivity index (χ1v) is 12.5. The molecular formula is C25H25Cl2N3O2S. The largest absolute Gasteiger partial charge is 0.360 e. The normalized spacial score (nSPS) is 15.7. The maximum absolute atomic E-state index is 13.4. The lowest BCUT2D eigenvalue weighted by molar-refractivity contribution is 0.102. The molecule has 0 saturated carbocycles. The molecule has 0 fully saturated rings. The van der Waals surface area contributed by atoms with Crippen LogP contribution in [0.15, 0.2) is 22.7 Å². The first-order chi connectivity index (χ1) is 15.7. The van der Waals surface area contributed by atoms with Gasteiger partial charge in [0.15, 0.2) is 0 Å². The Bertz CT molecular complexity index is 1250. The molecule has 0 radical (unpaired) electrons. The number of carbonyl (C=O) groups is 1. The summed E-state index contributed by atoms with van der Waals surface area (Å²) in [6.45, 7) is 8.50. The molecule has 172 valence electrons. The smallest absolute Gasteiger partial charge is 0.262 e. The number of benzene rings is 1. The Morgan fingerprint density at radius 2 is 2.06 bits per heavy atom. The summed E-state index contributed by atoms with van der Waals surface area (Å²) in [5, 5.41) is 18.2. The van der Waals surface area contributed by atoms with Gasteiger partial charge >= 0.3 is 0 Å². The van der Waals surface area contributed by atoms with Crippen molar-refractivity contribution in [2.45, 2.75) is 53.4 Å². The van der Waals surface area contributed by atoms with E-state index in [9.17, 15) is 10.1 Å². The lowest BCUT2D eigenvalue weighted by atomic mass is 9.69. The number of nitriles is 1. The Morgan fingerprint density at radius 1 is 1.36 bits per heavy atom. The van der Waals surface area contributed by atoms with Gasteiger partial charge in [-0.05, 0) is 55.2 Å². The van der Waals surface area contributed by atoms with Crippen LogP contribution in [0.2, 0.25) is 10.0 Å². The SMILES string of the molecule is CCC(C)(C)[C@@H]1CCc2c(sc(NC(=O)c3c(-c4c(Cl)cccc4Cl)noc3C)c2C#N)C1. The number of hydrogen-bond acceptors (Lipinski definition) is 5. The molecule has 1 aliphatic rings. The molecule has 8 heteroatoms. The van der Waals surface area contributed by atoms with Crippen LogP contribution >= 0.6 is 34.5 Å². The topological polar surface area (TPSA) is 78.9 Å². The second kappa shape index (κ2) is 9.13. The number of hydrogen-bond donors (Lipinski definition) is 1. The molecule has 4 rings (SSSR count). The highest BCUT2D eigenvalue weighted by atomic mass is 35.5. The molecule has 1 atom stereocenters. The van der Waals surface area contributed by atoms with E-state index in [1.54, 1.807) is 25.1 Å². The van der Waals surface area contributed by atoms with Gasteiger partial charge in [-0.1, -0.05) is 61.6 Å². The molecule has 0 saturated heterocycles. The van der Waals surface area contributed by atoms with Gasteiger partial charge in [0.1, 0.15) is 28.1 Å². The van der Waals surface area contributed by atoms with Crippen molar-refractivity contribution in [1.82, 2.24) is 5.16 Å². The van der Waals surface area contributed by atoms with Crippen molar-refractivity contribution in [3.8, 4) is 17.3 Å². The third kappa shape index (κ3) is 4.30. The zero-order chi connectivity index (χ0) is 23.9. The summed E-state index contributed by atoms with van der Waals surface area (Å²) in [7, 11) is 0. The van der Waals surface area contributed by atoms with Crippen molar-refractivity contribution in [3.63, 3.8) is 0 Å². The van der Waals surface area contributed by atoms with Crippen LogP contribution in [0.3, 0.4) is 0 Å². The molecule has 33 heavy (non-hydrogen) atoms. The number of anilines is 1. The minimum atomic E-state index is -0.403. The number of amides is 1. The van der Waals surface area contributed by atoms with E-state index in [4.69, 9.17) is 27.7 Å². The molecule has 2 heterocycles. The summed E-state index contributed by atoms with van der Waals surface area (Å²) in [5.74, 6) is 0.501. The first kappa shape index (κ1) is 23.8. The van der Waals surface area contributed by atoms with Gasteiger partial charge in [0.05, 0.1) is 15.6 Å². The summed E-state index contributed by atoms with van der Waals surface area (Å²) in [6.07, 6.45) is 3.93. The predicted octanol–water partition coefficient (Wildman–Crippen LogP) is 7.68. The van der Waals surface area contributed by atoms with E-state index in [1.165, 1.54) is 16.2 Å². The number of aromatic nitrogens is 1. The standard InChI is InChI=1S/C25H25Cl2N3O2S/c1-5-25(3,4)14-9-10-15-16(12-28)24(33-19(15)11-14)29-23(31)20-13(2)32-30-22(20)21-17(26)7-6-8-18(21)27/h6-8,14H,5,9-11H2,1-4H3,(H,29,31)/t14-/m1/s1. The number of thiophene rings is 1. The Balaban J connectivity index is 1.68. The van der Waals surface area contributed by atoms with Gasteiger partial charge in [-0.3, -0.25) is 4.79 Å². The maximum atomic E-state index is 13.4. The van der Waals surface area contributed by atoms with Crippen LogP contribution in [0.25, 0.3) is 11.3 Å². The number of halogens is 2. The highest BCUT2D eigenvalue weighted by molar-refractivity contribution is 7.16. The van der Waals surface area contributed by atoms with Crippen molar-refractivity contribution in [2.24, 2.45) is 11.3 Å². The van der Waals surface area contributed by atoms with Gasteiger partial charge in [0.2, 0.25) is 0 Å². The van der Waals surface area contributed by atoms with Crippen molar-refractivity contribution >= 4 is 45.4 Å². The Kier molecular flexibility index (Phi) is 6.59. The highest BCUT2D eigenvalue weighted by Crippen LogP contribution is 2.45. The van der Waals surface area contributed by atoms with Crippen molar-refractivity contribution in [1.29, 1.82) is 5.26 Å². The van der Waals surface area contributed by atoms with Gasteiger partial charge in [-0.25, -0.2) is 0 Å². The lowest BCUT2D eigenvalue weighted by Gasteiger charge is -2.36. The van der Waals surface area contributed by atoms with E-state index in [0.29, 0.717) is 37.9 Å². The van der Waals surface area contributed by atoms with Gasteiger partial charge in [-0.2, -0.15) is 5.26 Å². The predicted molar refractivity (Wildman–Crippen MR) is 133 cm³/mol. The van der Waals surface area contributed by atoms with Gasteiger partial charge in [0, 0.05) is 10.4 Å². The first-order valence-electron chi connectivity index (χ1n) is 10.9. The van der Waals surface area contributed by atoms with Crippen molar-refractivity contribution < 1.29 is 9.32 Å². The summed E-state index contributed by atoms with van der Waals surface area (Å²) < 4.78 is 5.33. The zero-order valence-corrected chi connectivity index (χ0v) is 21.3. The fourth-order valence-corrected chi connectivity index (χ4v) is 6.30.